The fourth-order valence-corrected chi connectivity index (χ4v) is 4.70. The molecule has 3 fully saturated rings. The van der Waals surface area contributed by atoms with E-state index in [0.29, 0.717) is 18.0 Å². The van der Waals surface area contributed by atoms with Gasteiger partial charge in [0, 0.05) is 22.6 Å². The average Bonchev–Trinajstić information content (AvgIpc) is 2.16. The third kappa shape index (κ3) is 0.420. The molecule has 56 valence electrons. The molecule has 4 atom stereocenters. The van der Waals surface area contributed by atoms with Gasteiger partial charge in [0.15, 0.2) is 0 Å². The van der Waals surface area contributed by atoms with Crippen LogP contribution >= 0.6 is 11.8 Å². The van der Waals surface area contributed by atoms with Crippen molar-refractivity contribution < 1.29 is 0 Å². The maximum absolute atomic E-state index is 5.99. The topological polar surface area (TPSA) is 52.0 Å². The highest BCUT2D eigenvalue weighted by molar-refractivity contribution is 8.02. The monoisotopic (exact) mass is 156 g/mol. The molecule has 0 aromatic carbocycles. The Bertz CT molecular complexity index is 164. The quantitative estimate of drug-likeness (QED) is 0.509. The first-order valence-electron chi connectivity index (χ1n) is 3.95. The van der Waals surface area contributed by atoms with Gasteiger partial charge in [-0.1, -0.05) is 0 Å². The first kappa shape index (κ1) is 5.86. The number of hydrogen-bond donors (Lipinski definition) is 2. The van der Waals surface area contributed by atoms with Gasteiger partial charge >= 0.3 is 0 Å². The van der Waals surface area contributed by atoms with Crippen molar-refractivity contribution in [2.45, 2.75) is 29.0 Å². The summed E-state index contributed by atoms with van der Waals surface area (Å²) in [7, 11) is 0. The number of thioether (sulfide) groups is 1. The molecule has 0 aromatic rings. The minimum Gasteiger partial charge on any atom is -0.326 e. The summed E-state index contributed by atoms with van der Waals surface area (Å²) in [5.74, 6) is 1.57. The Balaban J connectivity index is 2.00. The molecular formula is C7H12N2S. The smallest absolute Gasteiger partial charge is 0.0245 e. The third-order valence-electron chi connectivity index (χ3n) is 3.45. The molecule has 10 heavy (non-hydrogen) atoms. The van der Waals surface area contributed by atoms with Crippen LogP contribution < -0.4 is 11.5 Å². The summed E-state index contributed by atoms with van der Waals surface area (Å²) in [6.45, 7) is 0. The molecule has 3 heteroatoms. The van der Waals surface area contributed by atoms with E-state index in [0.717, 1.165) is 16.4 Å². The highest BCUT2D eigenvalue weighted by Crippen LogP contribution is 2.62. The van der Waals surface area contributed by atoms with E-state index in [2.05, 4.69) is 0 Å². The second kappa shape index (κ2) is 1.54. The van der Waals surface area contributed by atoms with Gasteiger partial charge in [-0.05, 0) is 18.3 Å². The van der Waals surface area contributed by atoms with Crippen molar-refractivity contribution in [2.75, 3.05) is 0 Å². The molecule has 4 unspecified atom stereocenters. The summed E-state index contributed by atoms with van der Waals surface area (Å²) >= 11 is 2.03. The van der Waals surface area contributed by atoms with Crippen LogP contribution in [0.1, 0.15) is 6.42 Å². The van der Waals surface area contributed by atoms with Crippen molar-refractivity contribution in [3.8, 4) is 0 Å². The van der Waals surface area contributed by atoms with Crippen LogP contribution in [-0.2, 0) is 0 Å². The molecular weight excluding hydrogens is 144 g/mol. The number of rotatable bonds is 0. The van der Waals surface area contributed by atoms with Crippen LogP contribution in [0.15, 0.2) is 0 Å². The van der Waals surface area contributed by atoms with Crippen molar-refractivity contribution in [2.24, 2.45) is 23.3 Å². The zero-order valence-corrected chi connectivity index (χ0v) is 6.55. The number of hydrogen-bond acceptors (Lipinski definition) is 3. The molecule has 0 amide bonds. The predicted octanol–water partition coefficient (Wildman–Crippen LogP) is -0.225. The Morgan fingerprint density at radius 2 is 1.60 bits per heavy atom. The van der Waals surface area contributed by atoms with E-state index in [1.807, 2.05) is 11.8 Å². The summed E-state index contributed by atoms with van der Waals surface area (Å²) in [5.41, 5.74) is 12.0. The average molecular weight is 156 g/mol. The maximum Gasteiger partial charge on any atom is 0.0245 e. The Kier molecular flexibility index (Phi) is 0.905. The summed E-state index contributed by atoms with van der Waals surface area (Å²) in [6, 6.07) is 0.852. The van der Waals surface area contributed by atoms with Crippen molar-refractivity contribution in [3.63, 3.8) is 0 Å². The second-order valence-corrected chi connectivity index (χ2v) is 5.14. The van der Waals surface area contributed by atoms with Crippen molar-refractivity contribution in [1.29, 1.82) is 0 Å². The molecule has 1 saturated heterocycles. The number of nitrogens with two attached hydrogens (primary N) is 2. The third-order valence-corrected chi connectivity index (χ3v) is 5.41. The van der Waals surface area contributed by atoms with Gasteiger partial charge in [0.1, 0.15) is 0 Å². The maximum atomic E-state index is 5.99. The Hall–Kier alpha value is 0.270. The molecule has 0 spiro atoms. The van der Waals surface area contributed by atoms with Crippen LogP contribution in [0.2, 0.25) is 0 Å². The molecule has 2 nitrogen and oxygen atoms in total. The van der Waals surface area contributed by atoms with Crippen LogP contribution in [0.25, 0.3) is 0 Å². The highest BCUT2D eigenvalue weighted by atomic mass is 32.2. The molecule has 1 heterocycles. The van der Waals surface area contributed by atoms with Gasteiger partial charge < -0.3 is 11.5 Å². The molecule has 3 aliphatic rings. The van der Waals surface area contributed by atoms with Crippen LogP contribution in [0, 0.1) is 11.8 Å². The van der Waals surface area contributed by atoms with Gasteiger partial charge in [0.25, 0.3) is 0 Å². The summed E-state index contributed by atoms with van der Waals surface area (Å²) in [5, 5.41) is 1.57. The highest BCUT2D eigenvalue weighted by Gasteiger charge is 2.63. The largest absolute Gasteiger partial charge is 0.326 e. The molecule has 2 aliphatic carbocycles. The van der Waals surface area contributed by atoms with E-state index in [4.69, 9.17) is 11.5 Å². The molecule has 1 aliphatic heterocycles. The van der Waals surface area contributed by atoms with Gasteiger partial charge in [-0.25, -0.2) is 0 Å². The van der Waals surface area contributed by atoms with Gasteiger partial charge in [-0.2, -0.15) is 11.8 Å². The minimum absolute atomic E-state index is 0.426. The Labute approximate surface area is 64.7 Å². The minimum atomic E-state index is 0.426. The summed E-state index contributed by atoms with van der Waals surface area (Å²) in [4.78, 5) is 0. The summed E-state index contributed by atoms with van der Waals surface area (Å²) in [6.07, 6.45) is 1.32. The molecule has 4 N–H and O–H groups in total. The zero-order valence-electron chi connectivity index (χ0n) is 5.73. The Morgan fingerprint density at radius 1 is 1.00 bits per heavy atom. The summed E-state index contributed by atoms with van der Waals surface area (Å²) < 4.78 is 0. The lowest BCUT2D eigenvalue weighted by molar-refractivity contribution is 0.357. The molecule has 0 radical (unpaired) electrons. The second-order valence-electron chi connectivity index (χ2n) is 3.78. The normalized spacial score (nSPS) is 70.2. The van der Waals surface area contributed by atoms with E-state index >= 15 is 0 Å². The lowest BCUT2D eigenvalue weighted by Crippen LogP contribution is -2.60. The molecule has 0 aromatic heterocycles. The lowest BCUT2D eigenvalue weighted by Gasteiger charge is -2.47. The van der Waals surface area contributed by atoms with Crippen LogP contribution in [-0.4, -0.2) is 22.6 Å². The predicted molar refractivity (Wildman–Crippen MR) is 42.7 cm³/mol. The fourth-order valence-electron chi connectivity index (χ4n) is 2.87. The van der Waals surface area contributed by atoms with E-state index in [1.54, 1.807) is 0 Å². The Morgan fingerprint density at radius 3 is 1.90 bits per heavy atom. The van der Waals surface area contributed by atoms with Crippen LogP contribution in [0.3, 0.4) is 0 Å². The molecule has 3 rings (SSSR count). The van der Waals surface area contributed by atoms with Crippen molar-refractivity contribution in [3.05, 3.63) is 0 Å². The van der Waals surface area contributed by atoms with E-state index in [-0.39, 0.29) is 0 Å². The standard InChI is InChI=1S/C7H12N2S/c8-4-2-1-3-6(4)10-7(3)5(2)9/h2-7H,1,8-9H2. The van der Waals surface area contributed by atoms with Crippen molar-refractivity contribution >= 4 is 11.8 Å². The van der Waals surface area contributed by atoms with Crippen LogP contribution in [0.4, 0.5) is 0 Å². The van der Waals surface area contributed by atoms with E-state index in [1.165, 1.54) is 6.42 Å². The SMILES string of the molecule is NC1C2CC3C1SC3C2N. The van der Waals surface area contributed by atoms with Crippen molar-refractivity contribution in [1.82, 2.24) is 0 Å². The lowest BCUT2D eigenvalue weighted by atomic mass is 9.90. The molecule has 2 saturated carbocycles. The van der Waals surface area contributed by atoms with Gasteiger partial charge in [-0.15, -0.1) is 0 Å². The van der Waals surface area contributed by atoms with E-state index < -0.39 is 0 Å². The fraction of sp³-hybridized carbons (Fsp3) is 1.00. The van der Waals surface area contributed by atoms with Gasteiger partial charge in [0.05, 0.1) is 0 Å². The van der Waals surface area contributed by atoms with Gasteiger partial charge in [-0.3, -0.25) is 0 Å². The van der Waals surface area contributed by atoms with Crippen LogP contribution in [0.5, 0.6) is 0 Å². The zero-order chi connectivity index (χ0) is 6.88. The first-order valence-corrected chi connectivity index (χ1v) is 4.90. The number of fused-ring (bicyclic) bond motifs is 1. The van der Waals surface area contributed by atoms with E-state index in [9.17, 15) is 0 Å². The van der Waals surface area contributed by atoms with Gasteiger partial charge in [0.2, 0.25) is 0 Å². The molecule has 2 bridgehead atoms. The first-order chi connectivity index (χ1) is 4.79.